The summed E-state index contributed by atoms with van der Waals surface area (Å²) in [4.78, 5) is 41.3. The van der Waals surface area contributed by atoms with E-state index in [9.17, 15) is 14.4 Å². The van der Waals surface area contributed by atoms with Crippen LogP contribution < -0.4 is 11.1 Å². The average Bonchev–Trinajstić information content (AvgIpc) is 3.29. The Bertz CT molecular complexity index is 916. The number of nitrogens with two attached hydrogens (primary N) is 1. The first-order valence-corrected chi connectivity index (χ1v) is 11.1. The Hall–Kier alpha value is -2.62. The number of hydrogen-bond donors (Lipinski definition) is 2. The number of thiophene rings is 1. The van der Waals surface area contributed by atoms with Crippen molar-refractivity contribution in [3.8, 4) is 0 Å². The summed E-state index contributed by atoms with van der Waals surface area (Å²) in [6.45, 7) is 1.88. The number of hydrogen-bond acceptors (Lipinski definition) is 6. The van der Waals surface area contributed by atoms with E-state index in [2.05, 4.69) is 5.32 Å². The molecule has 2 heterocycles. The Morgan fingerprint density at radius 1 is 1.16 bits per heavy atom. The molecule has 1 aliphatic rings. The zero-order chi connectivity index (χ0) is 22.4. The molecule has 2 aromatic rings. The summed E-state index contributed by atoms with van der Waals surface area (Å²) in [6.07, 6.45) is 0.119. The largest absolute Gasteiger partial charge is 0.468 e. The highest BCUT2D eigenvalue weighted by Gasteiger charge is 2.34. The van der Waals surface area contributed by atoms with Crippen molar-refractivity contribution in [3.05, 3.63) is 57.2 Å². The van der Waals surface area contributed by atoms with Gasteiger partial charge in [-0.3, -0.25) is 9.69 Å². The lowest BCUT2D eigenvalue weighted by Gasteiger charge is -2.38. The highest BCUT2D eigenvalue weighted by atomic mass is 35.5. The molecule has 3 N–H and O–H groups in total. The Kier molecular flexibility index (Phi) is 7.89. The molecule has 8 nitrogen and oxygen atoms in total. The number of primary amides is 1. The zero-order valence-electron chi connectivity index (χ0n) is 17.1. The molecular weight excluding hydrogens is 440 g/mol. The highest BCUT2D eigenvalue weighted by molar-refractivity contribution is 7.10. The molecule has 0 saturated carbocycles. The van der Waals surface area contributed by atoms with E-state index in [0.717, 1.165) is 4.88 Å². The van der Waals surface area contributed by atoms with E-state index in [4.69, 9.17) is 22.1 Å². The molecule has 1 aromatic heterocycles. The Morgan fingerprint density at radius 3 is 2.45 bits per heavy atom. The summed E-state index contributed by atoms with van der Waals surface area (Å²) in [6, 6.07) is 9.14. The molecule has 0 spiro atoms. The molecule has 10 heteroatoms. The van der Waals surface area contributed by atoms with Gasteiger partial charge in [0.1, 0.15) is 6.04 Å². The minimum Gasteiger partial charge on any atom is -0.468 e. The predicted molar refractivity (Wildman–Crippen MR) is 119 cm³/mol. The summed E-state index contributed by atoms with van der Waals surface area (Å²) >= 11 is 7.78. The van der Waals surface area contributed by atoms with E-state index in [1.54, 1.807) is 17.0 Å². The second-order valence-corrected chi connectivity index (χ2v) is 8.53. The molecule has 1 aromatic carbocycles. The molecule has 1 fully saturated rings. The normalized spacial score (nSPS) is 16.4. The molecule has 3 amide bonds. The van der Waals surface area contributed by atoms with Gasteiger partial charge in [0.15, 0.2) is 0 Å². The van der Waals surface area contributed by atoms with Gasteiger partial charge in [-0.25, -0.2) is 9.59 Å². The molecule has 0 aliphatic carbocycles. The first-order chi connectivity index (χ1) is 14.9. The quantitative estimate of drug-likeness (QED) is 0.613. The lowest BCUT2D eigenvalue weighted by molar-refractivity contribution is -0.148. The Balaban J connectivity index is 1.66. The number of halogens is 1. The maximum Gasteiger partial charge on any atom is 0.327 e. The number of carbonyl (C=O) groups excluding carboxylic acids is 3. The first-order valence-electron chi connectivity index (χ1n) is 9.84. The number of methoxy groups -OCH3 is 1. The van der Waals surface area contributed by atoms with Crippen molar-refractivity contribution in [3.63, 3.8) is 0 Å². The van der Waals surface area contributed by atoms with Gasteiger partial charge in [0, 0.05) is 36.1 Å². The van der Waals surface area contributed by atoms with Crippen LogP contribution in [0.3, 0.4) is 0 Å². The van der Waals surface area contributed by atoms with Crippen LogP contribution in [0.15, 0.2) is 41.8 Å². The standard InChI is InChI=1S/C21H25ClN4O4S/c1-30-20(28)19(14-5-2-3-6-15(14)22)26-10-8-25(9-11-26)18(27)13-16(24-21(23)29)17-7-4-12-31-17/h2-7,12,16,19H,8-11,13H2,1H3,(H3,23,24,29). The van der Waals surface area contributed by atoms with E-state index in [1.165, 1.54) is 18.4 Å². The summed E-state index contributed by atoms with van der Waals surface area (Å²) in [5.74, 6) is -0.476. The van der Waals surface area contributed by atoms with Crippen LogP contribution in [0.2, 0.25) is 5.02 Å². The lowest BCUT2D eigenvalue weighted by Crippen LogP contribution is -2.51. The number of esters is 1. The first kappa shape index (κ1) is 23.1. The van der Waals surface area contributed by atoms with E-state index >= 15 is 0 Å². The minimum atomic E-state index is -0.670. The van der Waals surface area contributed by atoms with Crippen LogP contribution in [-0.4, -0.2) is 61.0 Å². The summed E-state index contributed by atoms with van der Waals surface area (Å²) in [5.41, 5.74) is 5.96. The third-order valence-corrected chi connectivity index (χ3v) is 6.57. The molecule has 0 bridgehead atoms. The van der Waals surface area contributed by atoms with Gasteiger partial charge in [-0.2, -0.15) is 0 Å². The van der Waals surface area contributed by atoms with Crippen LogP contribution in [0.1, 0.15) is 28.9 Å². The van der Waals surface area contributed by atoms with Crippen molar-refractivity contribution < 1.29 is 19.1 Å². The number of benzene rings is 1. The summed E-state index contributed by atoms with van der Waals surface area (Å²) in [5, 5.41) is 5.02. The van der Waals surface area contributed by atoms with Gasteiger partial charge in [0.05, 0.1) is 19.6 Å². The van der Waals surface area contributed by atoms with E-state index in [0.29, 0.717) is 36.8 Å². The van der Waals surface area contributed by atoms with Gasteiger partial charge >= 0.3 is 12.0 Å². The number of carbonyl (C=O) groups is 3. The summed E-state index contributed by atoms with van der Waals surface area (Å²) < 4.78 is 5.01. The number of amides is 3. The van der Waals surface area contributed by atoms with E-state index < -0.39 is 24.1 Å². The van der Waals surface area contributed by atoms with Crippen LogP contribution >= 0.6 is 22.9 Å². The van der Waals surface area contributed by atoms with Gasteiger partial charge < -0.3 is 20.7 Å². The Morgan fingerprint density at radius 2 is 1.87 bits per heavy atom. The van der Waals surface area contributed by atoms with Crippen LogP contribution in [0, 0.1) is 0 Å². The second-order valence-electron chi connectivity index (χ2n) is 7.14. The van der Waals surface area contributed by atoms with Crippen molar-refractivity contribution in [1.82, 2.24) is 15.1 Å². The molecule has 1 saturated heterocycles. The van der Waals surface area contributed by atoms with Crippen LogP contribution in [-0.2, 0) is 14.3 Å². The van der Waals surface area contributed by atoms with Gasteiger partial charge in [-0.05, 0) is 23.1 Å². The minimum absolute atomic E-state index is 0.0841. The lowest BCUT2D eigenvalue weighted by atomic mass is 10.0. The smallest absolute Gasteiger partial charge is 0.327 e. The summed E-state index contributed by atoms with van der Waals surface area (Å²) in [7, 11) is 1.35. The van der Waals surface area contributed by atoms with Crippen molar-refractivity contribution in [2.45, 2.75) is 18.5 Å². The fourth-order valence-corrected chi connectivity index (χ4v) is 4.72. The fraction of sp³-hybridized carbons (Fsp3) is 0.381. The van der Waals surface area contributed by atoms with Crippen molar-refractivity contribution in [2.75, 3.05) is 33.3 Å². The maximum atomic E-state index is 12.9. The van der Waals surface area contributed by atoms with E-state index in [1.807, 2.05) is 34.5 Å². The molecule has 31 heavy (non-hydrogen) atoms. The monoisotopic (exact) mass is 464 g/mol. The van der Waals surface area contributed by atoms with Crippen LogP contribution in [0.4, 0.5) is 4.79 Å². The number of ether oxygens (including phenoxy) is 1. The molecule has 2 unspecified atom stereocenters. The van der Waals surface area contributed by atoms with Gasteiger partial charge in [0.2, 0.25) is 5.91 Å². The van der Waals surface area contributed by atoms with Crippen molar-refractivity contribution >= 4 is 40.8 Å². The molecule has 1 aliphatic heterocycles. The number of piperazine rings is 1. The molecule has 3 rings (SSSR count). The van der Waals surface area contributed by atoms with Gasteiger partial charge in [-0.15, -0.1) is 11.3 Å². The second kappa shape index (κ2) is 10.6. The molecular formula is C21H25ClN4O4S. The number of rotatable bonds is 7. The third-order valence-electron chi connectivity index (χ3n) is 5.24. The highest BCUT2D eigenvalue weighted by Crippen LogP contribution is 2.30. The van der Waals surface area contributed by atoms with Gasteiger partial charge in [0.25, 0.3) is 0 Å². The third kappa shape index (κ3) is 5.75. The Labute approximate surface area is 189 Å². The van der Waals surface area contributed by atoms with Crippen LogP contribution in [0.25, 0.3) is 0 Å². The predicted octanol–water partition coefficient (Wildman–Crippen LogP) is 2.56. The maximum absolute atomic E-state index is 12.9. The number of nitrogens with one attached hydrogen (secondary N) is 1. The van der Waals surface area contributed by atoms with Crippen molar-refractivity contribution in [1.29, 1.82) is 0 Å². The number of urea groups is 1. The van der Waals surface area contributed by atoms with Crippen molar-refractivity contribution in [2.24, 2.45) is 5.73 Å². The fourth-order valence-electron chi connectivity index (χ4n) is 3.70. The topological polar surface area (TPSA) is 105 Å². The zero-order valence-corrected chi connectivity index (χ0v) is 18.7. The molecule has 2 atom stereocenters. The average molecular weight is 465 g/mol. The molecule has 0 radical (unpaired) electrons. The SMILES string of the molecule is COC(=O)C(c1ccccc1Cl)N1CCN(C(=O)CC(NC(N)=O)c2cccs2)CC1. The number of nitrogens with zero attached hydrogens (tertiary/aromatic N) is 2. The molecule has 166 valence electrons. The van der Waals surface area contributed by atoms with E-state index in [-0.39, 0.29) is 12.3 Å². The van der Waals surface area contributed by atoms with Crippen LogP contribution in [0.5, 0.6) is 0 Å². The van der Waals surface area contributed by atoms with Gasteiger partial charge in [-0.1, -0.05) is 35.9 Å².